The molecule has 1 aromatic carbocycles. The standard InChI is InChI=1S/C14H7ClF2N2O2/c1-21-14(20)13-9(15)5-11(17)12(19-13)8-3-2-7(6-18)4-10(8)16/h2-5H,1H3. The minimum absolute atomic E-state index is 0.0822. The van der Waals surface area contributed by atoms with Gasteiger partial charge >= 0.3 is 5.97 Å². The molecule has 7 heteroatoms. The summed E-state index contributed by atoms with van der Waals surface area (Å²) in [6.07, 6.45) is 0. The number of pyridine rings is 1. The van der Waals surface area contributed by atoms with Gasteiger partial charge in [-0.1, -0.05) is 11.6 Å². The fourth-order valence-corrected chi connectivity index (χ4v) is 1.89. The molecule has 0 aliphatic carbocycles. The molecule has 0 saturated carbocycles. The van der Waals surface area contributed by atoms with Gasteiger partial charge in [0.05, 0.1) is 23.8 Å². The number of methoxy groups -OCH3 is 1. The molecule has 106 valence electrons. The van der Waals surface area contributed by atoms with Crippen molar-refractivity contribution in [3.05, 3.63) is 52.2 Å². The third-order valence-corrected chi connectivity index (χ3v) is 2.95. The zero-order chi connectivity index (χ0) is 15.6. The number of carbonyl (C=O) groups excluding carboxylic acids is 1. The fourth-order valence-electron chi connectivity index (χ4n) is 1.67. The summed E-state index contributed by atoms with van der Waals surface area (Å²) in [5.41, 5.74) is -0.812. The Morgan fingerprint density at radius 1 is 1.33 bits per heavy atom. The number of aromatic nitrogens is 1. The van der Waals surface area contributed by atoms with Gasteiger partial charge in [0, 0.05) is 5.56 Å². The van der Waals surface area contributed by atoms with Crippen LogP contribution in [-0.2, 0) is 4.74 Å². The van der Waals surface area contributed by atoms with E-state index in [0.29, 0.717) is 0 Å². The SMILES string of the molecule is COC(=O)c1nc(-c2ccc(C#N)cc2F)c(F)cc1Cl. The maximum absolute atomic E-state index is 13.9. The van der Waals surface area contributed by atoms with Crippen molar-refractivity contribution >= 4 is 17.6 Å². The van der Waals surface area contributed by atoms with E-state index in [4.69, 9.17) is 16.9 Å². The molecule has 0 N–H and O–H groups in total. The van der Waals surface area contributed by atoms with Crippen LogP contribution in [0.1, 0.15) is 16.1 Å². The number of rotatable bonds is 2. The lowest BCUT2D eigenvalue weighted by Gasteiger charge is -2.08. The summed E-state index contributed by atoms with van der Waals surface area (Å²) in [5, 5.41) is 8.44. The number of nitriles is 1. The predicted molar refractivity (Wildman–Crippen MR) is 70.7 cm³/mol. The van der Waals surface area contributed by atoms with Gasteiger partial charge in [-0.2, -0.15) is 5.26 Å². The molecular weight excluding hydrogens is 302 g/mol. The summed E-state index contributed by atoms with van der Waals surface area (Å²) in [7, 11) is 1.12. The van der Waals surface area contributed by atoms with Crippen molar-refractivity contribution in [2.45, 2.75) is 0 Å². The van der Waals surface area contributed by atoms with Crippen LogP contribution in [0.3, 0.4) is 0 Å². The first-order valence-corrected chi connectivity index (χ1v) is 6.00. The van der Waals surface area contributed by atoms with Crippen LogP contribution >= 0.6 is 11.6 Å². The fraction of sp³-hybridized carbons (Fsp3) is 0.0714. The molecular formula is C14H7ClF2N2O2. The van der Waals surface area contributed by atoms with Crippen molar-refractivity contribution in [2.75, 3.05) is 7.11 Å². The molecule has 0 radical (unpaired) electrons. The lowest BCUT2D eigenvalue weighted by atomic mass is 10.1. The lowest BCUT2D eigenvalue weighted by molar-refractivity contribution is 0.0594. The number of hydrogen-bond donors (Lipinski definition) is 0. The number of halogens is 3. The average Bonchev–Trinajstić information content (AvgIpc) is 2.47. The quantitative estimate of drug-likeness (QED) is 0.798. The Morgan fingerprint density at radius 3 is 2.62 bits per heavy atom. The summed E-state index contributed by atoms with van der Waals surface area (Å²) in [6.45, 7) is 0. The Hall–Kier alpha value is -2.52. The molecule has 4 nitrogen and oxygen atoms in total. The molecule has 2 rings (SSSR count). The van der Waals surface area contributed by atoms with Crippen LogP contribution in [0.2, 0.25) is 5.02 Å². The van der Waals surface area contributed by atoms with E-state index >= 15 is 0 Å². The maximum atomic E-state index is 13.9. The van der Waals surface area contributed by atoms with E-state index in [1.807, 2.05) is 0 Å². The third-order valence-electron chi connectivity index (χ3n) is 2.66. The van der Waals surface area contributed by atoms with E-state index in [-0.39, 0.29) is 27.5 Å². The zero-order valence-corrected chi connectivity index (χ0v) is 11.4. The number of esters is 1. The highest BCUT2D eigenvalue weighted by molar-refractivity contribution is 6.33. The van der Waals surface area contributed by atoms with Crippen molar-refractivity contribution in [2.24, 2.45) is 0 Å². The van der Waals surface area contributed by atoms with Gasteiger partial charge in [0.25, 0.3) is 0 Å². The normalized spacial score (nSPS) is 10.0. The van der Waals surface area contributed by atoms with E-state index in [9.17, 15) is 13.6 Å². The van der Waals surface area contributed by atoms with E-state index in [1.165, 1.54) is 12.1 Å². The van der Waals surface area contributed by atoms with Crippen LogP contribution in [0.15, 0.2) is 24.3 Å². The molecule has 1 aromatic heterocycles. The molecule has 0 fully saturated rings. The first-order chi connectivity index (χ1) is 9.97. The molecule has 0 aliphatic heterocycles. The summed E-state index contributed by atoms with van der Waals surface area (Å²) < 4.78 is 32.3. The molecule has 2 aromatic rings. The Balaban J connectivity index is 2.64. The van der Waals surface area contributed by atoms with Crippen LogP contribution < -0.4 is 0 Å². The number of benzene rings is 1. The minimum atomic E-state index is -0.892. The Labute approximate surface area is 123 Å². The second kappa shape index (κ2) is 5.85. The van der Waals surface area contributed by atoms with Gasteiger partial charge < -0.3 is 4.74 Å². The Morgan fingerprint density at radius 2 is 2.05 bits per heavy atom. The number of nitrogens with zero attached hydrogens (tertiary/aromatic N) is 2. The summed E-state index contributed by atoms with van der Waals surface area (Å²) >= 11 is 5.71. The first-order valence-electron chi connectivity index (χ1n) is 5.62. The molecule has 0 aliphatic rings. The van der Waals surface area contributed by atoms with Crippen LogP contribution in [0.5, 0.6) is 0 Å². The van der Waals surface area contributed by atoms with Gasteiger partial charge in [-0.15, -0.1) is 0 Å². The van der Waals surface area contributed by atoms with Crippen molar-refractivity contribution < 1.29 is 18.3 Å². The van der Waals surface area contributed by atoms with Gasteiger partial charge in [0.2, 0.25) is 0 Å². The number of carbonyl (C=O) groups is 1. The highest BCUT2D eigenvalue weighted by Gasteiger charge is 2.20. The average molecular weight is 309 g/mol. The summed E-state index contributed by atoms with van der Waals surface area (Å²) in [6, 6.07) is 6.08. The van der Waals surface area contributed by atoms with Crippen LogP contribution in [-0.4, -0.2) is 18.1 Å². The van der Waals surface area contributed by atoms with E-state index < -0.39 is 17.6 Å². The molecule has 0 saturated heterocycles. The maximum Gasteiger partial charge on any atom is 0.358 e. The van der Waals surface area contributed by atoms with E-state index in [2.05, 4.69) is 9.72 Å². The largest absolute Gasteiger partial charge is 0.464 e. The molecule has 0 atom stereocenters. The third kappa shape index (κ3) is 2.83. The number of hydrogen-bond acceptors (Lipinski definition) is 4. The van der Waals surface area contributed by atoms with Crippen LogP contribution in [0, 0.1) is 23.0 Å². The van der Waals surface area contributed by atoms with Gasteiger partial charge in [0.1, 0.15) is 11.5 Å². The second-order valence-corrected chi connectivity index (χ2v) is 4.35. The molecule has 1 heterocycles. The van der Waals surface area contributed by atoms with Crippen LogP contribution in [0.4, 0.5) is 8.78 Å². The monoisotopic (exact) mass is 308 g/mol. The Bertz CT molecular complexity index is 772. The van der Waals surface area contributed by atoms with Gasteiger partial charge in [0.15, 0.2) is 11.5 Å². The van der Waals surface area contributed by atoms with Crippen LogP contribution in [0.25, 0.3) is 11.3 Å². The zero-order valence-electron chi connectivity index (χ0n) is 10.7. The number of ether oxygens (including phenoxy) is 1. The predicted octanol–water partition coefficient (Wildman–Crippen LogP) is 3.34. The highest BCUT2D eigenvalue weighted by atomic mass is 35.5. The molecule has 0 spiro atoms. The summed E-state index contributed by atoms with van der Waals surface area (Å²) in [5.74, 6) is -2.59. The summed E-state index contributed by atoms with van der Waals surface area (Å²) in [4.78, 5) is 15.2. The topological polar surface area (TPSA) is 63.0 Å². The minimum Gasteiger partial charge on any atom is -0.464 e. The van der Waals surface area contributed by atoms with Gasteiger partial charge in [-0.3, -0.25) is 0 Å². The van der Waals surface area contributed by atoms with Crippen molar-refractivity contribution in [1.29, 1.82) is 5.26 Å². The van der Waals surface area contributed by atoms with E-state index in [0.717, 1.165) is 19.2 Å². The molecule has 0 amide bonds. The highest BCUT2D eigenvalue weighted by Crippen LogP contribution is 2.28. The van der Waals surface area contributed by atoms with Crippen molar-refractivity contribution in [3.8, 4) is 17.3 Å². The second-order valence-electron chi connectivity index (χ2n) is 3.95. The van der Waals surface area contributed by atoms with E-state index in [1.54, 1.807) is 6.07 Å². The Kier molecular flexibility index (Phi) is 4.15. The van der Waals surface area contributed by atoms with Gasteiger partial charge in [-0.05, 0) is 24.3 Å². The lowest BCUT2D eigenvalue weighted by Crippen LogP contribution is -2.07. The van der Waals surface area contributed by atoms with Crippen molar-refractivity contribution in [3.63, 3.8) is 0 Å². The molecule has 21 heavy (non-hydrogen) atoms. The molecule has 0 unspecified atom stereocenters. The van der Waals surface area contributed by atoms with Gasteiger partial charge in [-0.25, -0.2) is 18.6 Å². The van der Waals surface area contributed by atoms with Crippen molar-refractivity contribution in [1.82, 2.24) is 4.98 Å². The smallest absolute Gasteiger partial charge is 0.358 e. The molecule has 0 bridgehead atoms. The first kappa shape index (κ1) is 14.9.